The van der Waals surface area contributed by atoms with Gasteiger partial charge in [-0.3, -0.25) is 4.68 Å². The Morgan fingerprint density at radius 3 is 2.82 bits per heavy atom. The van der Waals surface area contributed by atoms with E-state index in [2.05, 4.69) is 26.3 Å². The van der Waals surface area contributed by atoms with Crippen LogP contribution in [0.5, 0.6) is 5.75 Å². The van der Waals surface area contributed by atoms with E-state index < -0.39 is 0 Å². The van der Waals surface area contributed by atoms with Crippen LogP contribution in [0.15, 0.2) is 34.9 Å². The van der Waals surface area contributed by atoms with Gasteiger partial charge in [0.1, 0.15) is 5.75 Å². The predicted molar refractivity (Wildman–Crippen MR) is 96.2 cm³/mol. The predicted octanol–water partition coefficient (Wildman–Crippen LogP) is 3.41. The Morgan fingerprint density at radius 1 is 1.45 bits per heavy atom. The fourth-order valence-corrected chi connectivity index (χ4v) is 2.62. The number of aryl methyl sites for hydroxylation is 1. The average molecular weight is 383 g/mol. The van der Waals surface area contributed by atoms with Crippen LogP contribution in [-0.4, -0.2) is 33.4 Å². The number of ether oxygens (including phenoxy) is 1. The lowest BCUT2D eigenvalue weighted by Gasteiger charge is -2.22. The van der Waals surface area contributed by atoms with Crippen LogP contribution in [-0.2, 0) is 13.6 Å². The highest BCUT2D eigenvalue weighted by Crippen LogP contribution is 2.24. The molecule has 1 aromatic heterocycles. The van der Waals surface area contributed by atoms with Gasteiger partial charge in [0.2, 0.25) is 0 Å². The minimum atomic E-state index is 0.614. The molecule has 2 aromatic rings. The molecule has 0 aliphatic heterocycles. The highest BCUT2D eigenvalue weighted by Gasteiger charge is 2.13. The van der Waals surface area contributed by atoms with Crippen LogP contribution in [0.3, 0.4) is 0 Å². The Morgan fingerprint density at radius 2 is 2.18 bits per heavy atom. The number of halogens is 1. The summed E-state index contributed by atoms with van der Waals surface area (Å²) in [7, 11) is 3.85. The first-order chi connectivity index (χ1) is 10.5. The summed E-state index contributed by atoms with van der Waals surface area (Å²) in [6.45, 7) is 3.23. The fraction of sp³-hybridized carbons (Fsp3) is 0.333. The number of nitrogens with one attached hydrogen (secondary N) is 1. The molecule has 0 unspecified atom stereocenters. The van der Waals surface area contributed by atoms with Crippen molar-refractivity contribution < 1.29 is 4.74 Å². The smallest absolute Gasteiger partial charge is 0.173 e. The lowest BCUT2D eigenvalue weighted by Crippen LogP contribution is -2.31. The van der Waals surface area contributed by atoms with Gasteiger partial charge in [0.25, 0.3) is 0 Å². The molecule has 0 aliphatic carbocycles. The maximum atomic E-state index is 5.60. The zero-order valence-corrected chi connectivity index (χ0v) is 15.2. The Bertz CT molecular complexity index is 639. The first kappa shape index (κ1) is 16.8. The second kappa shape index (κ2) is 7.60. The van der Waals surface area contributed by atoms with Crippen LogP contribution in [0.1, 0.15) is 12.6 Å². The molecule has 0 radical (unpaired) electrons. The third-order valence-electron chi connectivity index (χ3n) is 3.17. The molecule has 2 rings (SSSR count). The summed E-state index contributed by atoms with van der Waals surface area (Å²) in [5.41, 5.74) is 1.93. The van der Waals surface area contributed by atoms with Gasteiger partial charge in [-0.15, -0.1) is 0 Å². The summed E-state index contributed by atoms with van der Waals surface area (Å²) in [5, 5.41) is 8.07. The van der Waals surface area contributed by atoms with Gasteiger partial charge in [0.05, 0.1) is 35.2 Å². The largest absolute Gasteiger partial charge is 0.492 e. The zero-order valence-electron chi connectivity index (χ0n) is 12.8. The first-order valence-electron chi connectivity index (χ1n) is 6.93. The SMILES string of the molecule is CCOc1ccccc1NC(=S)N(C)Cc1c(Br)cnn1C. The Kier molecular flexibility index (Phi) is 5.79. The quantitative estimate of drug-likeness (QED) is 0.802. The molecule has 0 fully saturated rings. The number of rotatable bonds is 5. The first-order valence-corrected chi connectivity index (χ1v) is 8.13. The summed E-state index contributed by atoms with van der Waals surface area (Å²) >= 11 is 8.98. The van der Waals surface area contributed by atoms with E-state index >= 15 is 0 Å². The second-order valence-electron chi connectivity index (χ2n) is 4.78. The van der Waals surface area contributed by atoms with Crippen LogP contribution in [0.4, 0.5) is 5.69 Å². The zero-order chi connectivity index (χ0) is 16.1. The van der Waals surface area contributed by atoms with Crippen LogP contribution in [0.25, 0.3) is 0 Å². The summed E-state index contributed by atoms with van der Waals surface area (Å²) < 4.78 is 8.40. The van der Waals surface area contributed by atoms with Gasteiger partial charge < -0.3 is 15.0 Å². The Balaban J connectivity index is 2.06. The molecule has 0 aliphatic rings. The van der Waals surface area contributed by atoms with Crippen molar-refractivity contribution in [3.8, 4) is 5.75 Å². The second-order valence-corrected chi connectivity index (χ2v) is 6.02. The number of nitrogens with zero attached hydrogens (tertiary/aromatic N) is 3. The highest BCUT2D eigenvalue weighted by molar-refractivity contribution is 9.10. The van der Waals surface area contributed by atoms with Crippen molar-refractivity contribution in [2.45, 2.75) is 13.5 Å². The summed E-state index contributed by atoms with van der Waals surface area (Å²) in [4.78, 5) is 1.96. The topological polar surface area (TPSA) is 42.3 Å². The van der Waals surface area contributed by atoms with Crippen molar-refractivity contribution in [1.82, 2.24) is 14.7 Å². The average Bonchev–Trinajstić information content (AvgIpc) is 2.81. The fourth-order valence-electron chi connectivity index (χ4n) is 1.97. The summed E-state index contributed by atoms with van der Waals surface area (Å²) in [5.74, 6) is 0.794. The monoisotopic (exact) mass is 382 g/mol. The highest BCUT2D eigenvalue weighted by atomic mass is 79.9. The molecule has 0 atom stereocenters. The molecule has 1 heterocycles. The number of benzene rings is 1. The molecule has 0 spiro atoms. The van der Waals surface area contributed by atoms with Gasteiger partial charge in [-0.1, -0.05) is 12.1 Å². The molecular formula is C15H19BrN4OS. The molecular weight excluding hydrogens is 364 g/mol. The molecule has 0 amide bonds. The molecule has 0 saturated carbocycles. The normalized spacial score (nSPS) is 10.4. The number of anilines is 1. The molecule has 7 heteroatoms. The van der Waals surface area contributed by atoms with Crippen molar-refractivity contribution in [2.24, 2.45) is 7.05 Å². The van der Waals surface area contributed by atoms with Crippen LogP contribution >= 0.6 is 28.1 Å². The van der Waals surface area contributed by atoms with Crippen molar-refractivity contribution in [1.29, 1.82) is 0 Å². The van der Waals surface area contributed by atoms with Crippen LogP contribution in [0, 0.1) is 0 Å². The van der Waals surface area contributed by atoms with Gasteiger partial charge in [-0.25, -0.2) is 0 Å². The van der Waals surface area contributed by atoms with Crippen molar-refractivity contribution >= 4 is 38.9 Å². The minimum Gasteiger partial charge on any atom is -0.492 e. The molecule has 1 N–H and O–H groups in total. The maximum absolute atomic E-state index is 5.60. The van der Waals surface area contributed by atoms with E-state index in [-0.39, 0.29) is 0 Å². The van der Waals surface area contributed by atoms with E-state index in [9.17, 15) is 0 Å². The molecule has 118 valence electrons. The Hall–Kier alpha value is -1.60. The minimum absolute atomic E-state index is 0.614. The lowest BCUT2D eigenvalue weighted by molar-refractivity contribution is 0.342. The van der Waals surface area contributed by atoms with Gasteiger partial charge in [0.15, 0.2) is 5.11 Å². The van der Waals surface area contributed by atoms with Crippen molar-refractivity contribution in [2.75, 3.05) is 19.0 Å². The summed E-state index contributed by atoms with van der Waals surface area (Å²) in [6.07, 6.45) is 1.78. The van der Waals surface area contributed by atoms with E-state index in [0.29, 0.717) is 18.3 Å². The third-order valence-corrected chi connectivity index (χ3v) is 4.25. The van der Waals surface area contributed by atoms with E-state index in [1.807, 2.05) is 54.9 Å². The van der Waals surface area contributed by atoms with Gasteiger partial charge in [-0.2, -0.15) is 5.10 Å². The standard InChI is InChI=1S/C15H19BrN4OS/c1-4-21-14-8-6-5-7-12(14)18-15(22)19(2)10-13-11(16)9-17-20(13)3/h5-9H,4,10H2,1-3H3,(H,18,22). The van der Waals surface area contributed by atoms with E-state index in [0.717, 1.165) is 21.6 Å². The maximum Gasteiger partial charge on any atom is 0.173 e. The van der Waals surface area contributed by atoms with Gasteiger partial charge in [0, 0.05) is 14.1 Å². The molecule has 1 aromatic carbocycles. The van der Waals surface area contributed by atoms with E-state index in [1.165, 1.54) is 0 Å². The van der Waals surface area contributed by atoms with Crippen molar-refractivity contribution in [3.05, 3.63) is 40.6 Å². The number of thiocarbonyl (C=S) groups is 1. The number of hydrogen-bond donors (Lipinski definition) is 1. The van der Waals surface area contributed by atoms with Gasteiger partial charge in [-0.05, 0) is 47.2 Å². The van der Waals surface area contributed by atoms with Gasteiger partial charge >= 0.3 is 0 Å². The van der Waals surface area contributed by atoms with Crippen LogP contribution in [0.2, 0.25) is 0 Å². The third kappa shape index (κ3) is 3.98. The summed E-state index contributed by atoms with van der Waals surface area (Å²) in [6, 6.07) is 7.76. The molecule has 0 bridgehead atoms. The van der Waals surface area contributed by atoms with E-state index in [1.54, 1.807) is 6.20 Å². The number of hydrogen-bond acceptors (Lipinski definition) is 3. The molecule has 5 nitrogen and oxygen atoms in total. The number of aromatic nitrogens is 2. The van der Waals surface area contributed by atoms with Crippen molar-refractivity contribution in [3.63, 3.8) is 0 Å². The number of para-hydroxylation sites is 2. The lowest BCUT2D eigenvalue weighted by atomic mass is 10.3. The Labute approximate surface area is 144 Å². The molecule has 0 saturated heterocycles. The van der Waals surface area contributed by atoms with Crippen LogP contribution < -0.4 is 10.1 Å². The van der Waals surface area contributed by atoms with E-state index in [4.69, 9.17) is 17.0 Å². The molecule has 22 heavy (non-hydrogen) atoms.